The quantitative estimate of drug-likeness (QED) is 0.803. The number of hydrogen-bond donors (Lipinski definition) is 2. The lowest BCUT2D eigenvalue weighted by Crippen LogP contribution is -2.48. The van der Waals surface area contributed by atoms with Gasteiger partial charge in [0.25, 0.3) is 5.91 Å². The smallest absolute Gasteiger partial charge is 0.384 e. The van der Waals surface area contributed by atoms with Crippen molar-refractivity contribution in [1.29, 1.82) is 0 Å². The molecule has 1 fully saturated rings. The molecule has 0 radical (unpaired) electrons. The monoisotopic (exact) mass is 284 g/mol. The number of aromatic nitrogens is 1. The van der Waals surface area contributed by atoms with Gasteiger partial charge < -0.3 is 10.4 Å². The SMILES string of the molecule is O=C(NC1(C(F)(F)F)CC1)c1ncccc1C#CCO. The summed E-state index contributed by atoms with van der Waals surface area (Å²) < 4.78 is 38.3. The van der Waals surface area contributed by atoms with Gasteiger partial charge in [0, 0.05) is 6.20 Å². The average Bonchev–Trinajstić information content (AvgIpc) is 3.17. The van der Waals surface area contributed by atoms with E-state index in [0.717, 1.165) is 0 Å². The Morgan fingerprint density at radius 3 is 2.75 bits per heavy atom. The van der Waals surface area contributed by atoms with Gasteiger partial charge in [0.05, 0.1) is 5.56 Å². The third-order valence-corrected chi connectivity index (χ3v) is 2.97. The number of nitrogens with one attached hydrogen (secondary N) is 1. The van der Waals surface area contributed by atoms with Crippen LogP contribution in [-0.2, 0) is 0 Å². The lowest BCUT2D eigenvalue weighted by atomic mass is 10.1. The Bertz CT molecular complexity index is 583. The van der Waals surface area contributed by atoms with Crippen molar-refractivity contribution in [3.8, 4) is 11.8 Å². The summed E-state index contributed by atoms with van der Waals surface area (Å²) in [5, 5.41) is 10.6. The second-order valence-electron chi connectivity index (χ2n) is 4.39. The van der Waals surface area contributed by atoms with Crippen molar-refractivity contribution in [3.05, 3.63) is 29.6 Å². The van der Waals surface area contributed by atoms with Gasteiger partial charge in [-0.25, -0.2) is 4.98 Å². The summed E-state index contributed by atoms with van der Waals surface area (Å²) in [6, 6.07) is 2.96. The van der Waals surface area contributed by atoms with Crippen LogP contribution in [-0.4, -0.2) is 34.3 Å². The Labute approximate surface area is 113 Å². The second-order valence-corrected chi connectivity index (χ2v) is 4.39. The highest BCUT2D eigenvalue weighted by Gasteiger charge is 2.64. The molecule has 0 aliphatic heterocycles. The zero-order valence-electron chi connectivity index (χ0n) is 10.3. The number of amides is 1. The topological polar surface area (TPSA) is 62.2 Å². The van der Waals surface area contributed by atoms with Crippen LogP contribution in [0.4, 0.5) is 13.2 Å². The van der Waals surface area contributed by atoms with Gasteiger partial charge in [-0.3, -0.25) is 4.79 Å². The van der Waals surface area contributed by atoms with Gasteiger partial charge in [-0.1, -0.05) is 11.8 Å². The Morgan fingerprint density at radius 2 is 2.20 bits per heavy atom. The van der Waals surface area contributed by atoms with Crippen molar-refractivity contribution in [2.24, 2.45) is 0 Å². The van der Waals surface area contributed by atoms with E-state index in [0.29, 0.717) is 0 Å². The first-order valence-corrected chi connectivity index (χ1v) is 5.84. The summed E-state index contributed by atoms with van der Waals surface area (Å²) in [5.74, 6) is 3.90. The molecule has 1 heterocycles. The van der Waals surface area contributed by atoms with Crippen LogP contribution in [0.25, 0.3) is 0 Å². The molecule has 4 nitrogen and oxygen atoms in total. The van der Waals surface area contributed by atoms with Gasteiger partial charge in [0.1, 0.15) is 17.8 Å². The van der Waals surface area contributed by atoms with Gasteiger partial charge in [-0.2, -0.15) is 13.2 Å². The molecule has 0 bridgehead atoms. The molecule has 1 amide bonds. The summed E-state index contributed by atoms with van der Waals surface area (Å²) in [6.07, 6.45) is -3.44. The summed E-state index contributed by atoms with van der Waals surface area (Å²) in [4.78, 5) is 15.7. The summed E-state index contributed by atoms with van der Waals surface area (Å²) >= 11 is 0. The van der Waals surface area contributed by atoms with E-state index in [1.54, 1.807) is 0 Å². The number of pyridine rings is 1. The van der Waals surface area contributed by atoms with Crippen LogP contribution in [0.15, 0.2) is 18.3 Å². The molecule has 1 aliphatic carbocycles. The van der Waals surface area contributed by atoms with E-state index in [1.807, 2.05) is 5.32 Å². The van der Waals surface area contributed by atoms with Crippen LogP contribution in [0.3, 0.4) is 0 Å². The minimum atomic E-state index is -4.48. The minimum Gasteiger partial charge on any atom is -0.384 e. The second kappa shape index (κ2) is 5.13. The number of halogens is 3. The van der Waals surface area contributed by atoms with Crippen molar-refractivity contribution in [2.45, 2.75) is 24.6 Å². The van der Waals surface area contributed by atoms with Crippen LogP contribution >= 0.6 is 0 Å². The van der Waals surface area contributed by atoms with E-state index in [-0.39, 0.29) is 24.1 Å². The van der Waals surface area contributed by atoms with E-state index in [2.05, 4.69) is 16.8 Å². The molecule has 0 unspecified atom stereocenters. The van der Waals surface area contributed by atoms with Crippen LogP contribution in [0.1, 0.15) is 28.9 Å². The van der Waals surface area contributed by atoms with E-state index in [4.69, 9.17) is 5.11 Å². The molecule has 0 atom stereocenters. The molecule has 1 saturated carbocycles. The normalized spacial score (nSPS) is 16.0. The molecule has 0 spiro atoms. The Balaban J connectivity index is 2.23. The van der Waals surface area contributed by atoms with Crippen LogP contribution in [0.5, 0.6) is 0 Å². The first-order valence-electron chi connectivity index (χ1n) is 5.84. The van der Waals surface area contributed by atoms with E-state index in [1.165, 1.54) is 18.3 Å². The number of aliphatic hydroxyl groups is 1. The first-order chi connectivity index (χ1) is 9.39. The van der Waals surface area contributed by atoms with Gasteiger partial charge in [0.2, 0.25) is 0 Å². The minimum absolute atomic E-state index is 0.132. The van der Waals surface area contributed by atoms with Crippen LogP contribution in [0, 0.1) is 11.8 Å². The molecule has 1 aliphatic rings. The van der Waals surface area contributed by atoms with E-state index in [9.17, 15) is 18.0 Å². The Kier molecular flexibility index (Phi) is 3.68. The third kappa shape index (κ3) is 2.75. The van der Waals surface area contributed by atoms with Crippen LogP contribution < -0.4 is 5.32 Å². The summed E-state index contributed by atoms with van der Waals surface area (Å²) in [5.41, 5.74) is -2.13. The highest BCUT2D eigenvalue weighted by molar-refractivity contribution is 5.95. The molecule has 2 N–H and O–H groups in total. The molecular formula is C13H11F3N2O2. The molecule has 0 saturated heterocycles. The van der Waals surface area contributed by atoms with Crippen molar-refractivity contribution in [2.75, 3.05) is 6.61 Å². The zero-order chi connectivity index (χ0) is 14.8. The van der Waals surface area contributed by atoms with E-state index >= 15 is 0 Å². The fourth-order valence-electron chi connectivity index (χ4n) is 1.70. The molecule has 1 aromatic rings. The van der Waals surface area contributed by atoms with Gasteiger partial charge >= 0.3 is 6.18 Å². The van der Waals surface area contributed by atoms with Crippen molar-refractivity contribution in [1.82, 2.24) is 10.3 Å². The number of carbonyl (C=O) groups is 1. The molecule has 106 valence electrons. The maximum atomic E-state index is 12.8. The van der Waals surface area contributed by atoms with E-state index < -0.39 is 24.2 Å². The maximum absolute atomic E-state index is 12.8. The van der Waals surface area contributed by atoms with Crippen molar-refractivity contribution in [3.63, 3.8) is 0 Å². The highest BCUT2D eigenvalue weighted by Crippen LogP contribution is 2.49. The van der Waals surface area contributed by atoms with Gasteiger partial charge in [0.15, 0.2) is 0 Å². The summed E-state index contributed by atoms with van der Waals surface area (Å²) in [6.45, 7) is -0.414. The lowest BCUT2D eigenvalue weighted by molar-refractivity contribution is -0.163. The van der Waals surface area contributed by atoms with Crippen molar-refractivity contribution < 1.29 is 23.1 Å². The molecule has 20 heavy (non-hydrogen) atoms. The Hall–Kier alpha value is -2.07. The zero-order valence-corrected chi connectivity index (χ0v) is 10.3. The molecular weight excluding hydrogens is 273 g/mol. The first kappa shape index (κ1) is 14.3. The predicted octanol–water partition coefficient (Wildman–Crippen LogP) is 1.25. The summed E-state index contributed by atoms with van der Waals surface area (Å²) in [7, 11) is 0. The number of nitrogens with zero attached hydrogens (tertiary/aromatic N) is 1. The molecule has 7 heteroatoms. The largest absolute Gasteiger partial charge is 0.411 e. The third-order valence-electron chi connectivity index (χ3n) is 2.97. The maximum Gasteiger partial charge on any atom is 0.411 e. The fourth-order valence-corrected chi connectivity index (χ4v) is 1.70. The average molecular weight is 284 g/mol. The molecule has 2 rings (SSSR count). The lowest BCUT2D eigenvalue weighted by Gasteiger charge is -2.20. The number of carbonyl (C=O) groups excluding carboxylic acids is 1. The van der Waals surface area contributed by atoms with Crippen molar-refractivity contribution >= 4 is 5.91 Å². The highest BCUT2D eigenvalue weighted by atomic mass is 19.4. The van der Waals surface area contributed by atoms with Gasteiger partial charge in [-0.15, -0.1) is 0 Å². The van der Waals surface area contributed by atoms with Crippen LogP contribution in [0.2, 0.25) is 0 Å². The Morgan fingerprint density at radius 1 is 1.50 bits per heavy atom. The number of hydrogen-bond acceptors (Lipinski definition) is 3. The fraction of sp³-hybridized carbons (Fsp3) is 0.385. The number of aliphatic hydroxyl groups excluding tert-OH is 1. The standard InChI is InChI=1S/C13H11F3N2O2/c14-13(15,16)12(5-6-12)18-11(20)10-9(4-2-8-19)3-1-7-17-10/h1,3,7,19H,5-6,8H2,(H,18,20). The number of alkyl halides is 3. The number of rotatable bonds is 2. The molecule has 1 aromatic heterocycles. The van der Waals surface area contributed by atoms with Gasteiger partial charge in [-0.05, 0) is 25.0 Å². The molecule has 0 aromatic carbocycles. The predicted molar refractivity (Wildman–Crippen MR) is 63.7 cm³/mol.